The Balaban J connectivity index is 1.86. The van der Waals surface area contributed by atoms with Crippen LogP contribution in [-0.4, -0.2) is 9.55 Å². The third kappa shape index (κ3) is 2.85. The highest BCUT2D eigenvalue weighted by Crippen LogP contribution is 2.45. The third-order valence-electron chi connectivity index (χ3n) is 5.69. The van der Waals surface area contributed by atoms with E-state index in [1.807, 2.05) is 0 Å². The number of imidazole rings is 1. The minimum atomic E-state index is -0.306. The number of fused-ring (bicyclic) bond motifs is 3. The van der Waals surface area contributed by atoms with E-state index in [4.69, 9.17) is 4.98 Å². The SMILES string of the molecule is Cc1ccc(-c2nc3n(c2-c2ccc(C)cc2)C(C)(C)Nc2ccccc2-3)cc1. The molecule has 1 aliphatic heterocycles. The van der Waals surface area contributed by atoms with E-state index in [2.05, 4.69) is 110 Å². The Bertz CT molecular complexity index is 1200. The highest BCUT2D eigenvalue weighted by atomic mass is 15.3. The van der Waals surface area contributed by atoms with Crippen LogP contribution in [0.5, 0.6) is 0 Å². The van der Waals surface area contributed by atoms with Crippen LogP contribution < -0.4 is 5.32 Å². The van der Waals surface area contributed by atoms with E-state index in [1.165, 1.54) is 16.7 Å². The summed E-state index contributed by atoms with van der Waals surface area (Å²) in [5.41, 5.74) is 8.96. The molecule has 0 unspecified atom stereocenters. The number of hydrogen-bond donors (Lipinski definition) is 1. The molecule has 3 heteroatoms. The summed E-state index contributed by atoms with van der Waals surface area (Å²) in [5, 5.41) is 3.71. The lowest BCUT2D eigenvalue weighted by Gasteiger charge is -2.37. The lowest BCUT2D eigenvalue weighted by Crippen LogP contribution is -2.39. The molecule has 1 aliphatic rings. The molecule has 4 aromatic rings. The second-order valence-corrected chi connectivity index (χ2v) is 8.43. The average molecular weight is 380 g/mol. The van der Waals surface area contributed by atoms with Gasteiger partial charge in [-0.25, -0.2) is 4.98 Å². The van der Waals surface area contributed by atoms with Gasteiger partial charge in [-0.1, -0.05) is 71.8 Å². The molecule has 5 rings (SSSR count). The fraction of sp³-hybridized carbons (Fsp3) is 0.192. The monoisotopic (exact) mass is 379 g/mol. The Labute approximate surface area is 172 Å². The minimum absolute atomic E-state index is 0.306. The second kappa shape index (κ2) is 6.35. The van der Waals surface area contributed by atoms with Crippen molar-refractivity contribution < 1.29 is 0 Å². The molecule has 0 aliphatic carbocycles. The van der Waals surface area contributed by atoms with Gasteiger partial charge in [-0.15, -0.1) is 0 Å². The molecule has 0 spiro atoms. The van der Waals surface area contributed by atoms with Gasteiger partial charge in [0, 0.05) is 22.4 Å². The fourth-order valence-electron chi connectivity index (χ4n) is 4.21. The summed E-state index contributed by atoms with van der Waals surface area (Å²) >= 11 is 0. The molecule has 144 valence electrons. The van der Waals surface area contributed by atoms with E-state index in [0.29, 0.717) is 0 Å². The van der Waals surface area contributed by atoms with Gasteiger partial charge in [0.2, 0.25) is 0 Å². The number of nitrogens with zero attached hydrogens (tertiary/aromatic N) is 2. The quantitative estimate of drug-likeness (QED) is 0.424. The summed E-state index contributed by atoms with van der Waals surface area (Å²) in [6, 6.07) is 25.8. The van der Waals surface area contributed by atoms with Crippen LogP contribution in [0, 0.1) is 13.8 Å². The van der Waals surface area contributed by atoms with Crippen LogP contribution >= 0.6 is 0 Å². The van der Waals surface area contributed by atoms with Crippen LogP contribution in [0.15, 0.2) is 72.8 Å². The highest BCUT2D eigenvalue weighted by molar-refractivity contribution is 5.87. The highest BCUT2D eigenvalue weighted by Gasteiger charge is 2.35. The first kappa shape index (κ1) is 17.7. The average Bonchev–Trinajstić information content (AvgIpc) is 3.11. The zero-order valence-electron chi connectivity index (χ0n) is 17.3. The van der Waals surface area contributed by atoms with E-state index >= 15 is 0 Å². The molecule has 3 aromatic carbocycles. The number of rotatable bonds is 2. The summed E-state index contributed by atoms with van der Waals surface area (Å²) < 4.78 is 2.36. The summed E-state index contributed by atoms with van der Waals surface area (Å²) in [6.45, 7) is 8.67. The predicted octanol–water partition coefficient (Wildman–Crippen LogP) is 6.62. The number of aryl methyl sites for hydroxylation is 2. The van der Waals surface area contributed by atoms with Crippen molar-refractivity contribution in [1.29, 1.82) is 0 Å². The van der Waals surface area contributed by atoms with Crippen molar-refractivity contribution >= 4 is 5.69 Å². The first-order valence-corrected chi connectivity index (χ1v) is 10.1. The summed E-state index contributed by atoms with van der Waals surface area (Å²) in [5.74, 6) is 1.01. The molecule has 0 saturated carbocycles. The predicted molar refractivity (Wildman–Crippen MR) is 121 cm³/mol. The van der Waals surface area contributed by atoms with Crippen molar-refractivity contribution in [1.82, 2.24) is 9.55 Å². The number of anilines is 1. The number of nitrogens with one attached hydrogen (secondary N) is 1. The Morgan fingerprint density at radius 1 is 0.759 bits per heavy atom. The van der Waals surface area contributed by atoms with Crippen LogP contribution in [0.4, 0.5) is 5.69 Å². The zero-order chi connectivity index (χ0) is 20.2. The number of aromatic nitrogens is 2. The standard InChI is InChI=1S/C26H25N3/c1-17-9-13-19(14-10-17)23-24(20-15-11-18(2)12-16-20)29-25(27-23)21-7-5-6-8-22(21)28-26(29,3)4/h5-16,28H,1-4H3. The van der Waals surface area contributed by atoms with E-state index in [1.54, 1.807) is 0 Å². The number of hydrogen-bond acceptors (Lipinski definition) is 2. The molecule has 1 N–H and O–H groups in total. The summed E-state index contributed by atoms with van der Waals surface area (Å²) in [4.78, 5) is 5.21. The minimum Gasteiger partial charge on any atom is -0.362 e. The molecule has 0 saturated heterocycles. The van der Waals surface area contributed by atoms with Crippen molar-refractivity contribution in [3.63, 3.8) is 0 Å². The van der Waals surface area contributed by atoms with Gasteiger partial charge in [-0.3, -0.25) is 0 Å². The Hall–Kier alpha value is -3.33. The molecular formula is C26H25N3. The zero-order valence-corrected chi connectivity index (χ0v) is 17.3. The van der Waals surface area contributed by atoms with Crippen LogP contribution in [0.2, 0.25) is 0 Å². The Morgan fingerprint density at radius 3 is 2.00 bits per heavy atom. The van der Waals surface area contributed by atoms with Gasteiger partial charge in [-0.2, -0.15) is 0 Å². The van der Waals surface area contributed by atoms with Crippen LogP contribution in [0.1, 0.15) is 25.0 Å². The molecule has 0 atom stereocenters. The topological polar surface area (TPSA) is 29.9 Å². The second-order valence-electron chi connectivity index (χ2n) is 8.43. The van der Waals surface area contributed by atoms with Gasteiger partial charge in [0.15, 0.2) is 0 Å². The molecule has 2 heterocycles. The maximum atomic E-state index is 5.21. The van der Waals surface area contributed by atoms with Crippen molar-refractivity contribution in [3.05, 3.63) is 83.9 Å². The number of benzene rings is 3. The van der Waals surface area contributed by atoms with Gasteiger partial charge in [0.05, 0.1) is 11.4 Å². The first-order valence-electron chi connectivity index (χ1n) is 10.1. The lowest BCUT2D eigenvalue weighted by molar-refractivity contribution is 0.415. The van der Waals surface area contributed by atoms with Gasteiger partial charge >= 0.3 is 0 Å². The molecule has 29 heavy (non-hydrogen) atoms. The van der Waals surface area contributed by atoms with E-state index in [0.717, 1.165) is 34.0 Å². The molecule has 0 fully saturated rings. The Kier molecular flexibility index (Phi) is 3.88. The van der Waals surface area contributed by atoms with E-state index in [9.17, 15) is 0 Å². The van der Waals surface area contributed by atoms with Crippen LogP contribution in [0.3, 0.4) is 0 Å². The van der Waals surface area contributed by atoms with Gasteiger partial charge < -0.3 is 9.88 Å². The Morgan fingerprint density at radius 2 is 1.34 bits per heavy atom. The molecule has 1 aromatic heterocycles. The van der Waals surface area contributed by atoms with Crippen LogP contribution in [0.25, 0.3) is 33.9 Å². The van der Waals surface area contributed by atoms with Gasteiger partial charge in [-0.05, 0) is 39.8 Å². The van der Waals surface area contributed by atoms with E-state index in [-0.39, 0.29) is 5.66 Å². The lowest BCUT2D eigenvalue weighted by atomic mass is 10.0. The molecule has 0 bridgehead atoms. The maximum absolute atomic E-state index is 5.21. The van der Waals surface area contributed by atoms with Crippen LogP contribution in [-0.2, 0) is 5.66 Å². The van der Waals surface area contributed by atoms with Crippen molar-refractivity contribution in [2.75, 3.05) is 5.32 Å². The summed E-state index contributed by atoms with van der Waals surface area (Å²) in [6.07, 6.45) is 0. The van der Waals surface area contributed by atoms with Crippen molar-refractivity contribution in [2.45, 2.75) is 33.4 Å². The van der Waals surface area contributed by atoms with Crippen molar-refractivity contribution in [2.24, 2.45) is 0 Å². The normalized spacial score (nSPS) is 14.1. The fourth-order valence-corrected chi connectivity index (χ4v) is 4.21. The third-order valence-corrected chi connectivity index (χ3v) is 5.69. The molecule has 3 nitrogen and oxygen atoms in total. The largest absolute Gasteiger partial charge is 0.362 e. The van der Waals surface area contributed by atoms with Gasteiger partial charge in [0.1, 0.15) is 11.5 Å². The maximum Gasteiger partial charge on any atom is 0.145 e. The smallest absolute Gasteiger partial charge is 0.145 e. The molecule has 0 amide bonds. The first-order chi connectivity index (χ1) is 13.9. The summed E-state index contributed by atoms with van der Waals surface area (Å²) in [7, 11) is 0. The van der Waals surface area contributed by atoms with Crippen molar-refractivity contribution in [3.8, 4) is 33.9 Å². The number of para-hydroxylation sites is 1. The molecule has 0 radical (unpaired) electrons. The molecular weight excluding hydrogens is 354 g/mol. The van der Waals surface area contributed by atoms with Gasteiger partial charge in [0.25, 0.3) is 0 Å². The van der Waals surface area contributed by atoms with E-state index < -0.39 is 0 Å².